The second kappa shape index (κ2) is 5.77. The molecule has 4 N–H and O–H groups in total. The van der Waals surface area contributed by atoms with Crippen LogP contribution >= 0.6 is 15.9 Å². The van der Waals surface area contributed by atoms with E-state index in [-0.39, 0.29) is 0 Å². The zero-order valence-corrected chi connectivity index (χ0v) is 10.4. The second-order valence-corrected chi connectivity index (χ2v) is 4.01. The molecule has 0 saturated carbocycles. The van der Waals surface area contributed by atoms with Crippen molar-refractivity contribution in [1.29, 1.82) is 5.26 Å². The highest BCUT2D eigenvalue weighted by molar-refractivity contribution is 9.08. The molecule has 90 valence electrons. The molecule has 0 radical (unpaired) electrons. The average Bonchev–Trinajstić information content (AvgIpc) is 2.35. The number of hydrogen-bond donors (Lipinski definition) is 3. The molecular formula is C11H11BrN2O3. The first-order chi connectivity index (χ1) is 8.01. The summed E-state index contributed by atoms with van der Waals surface area (Å²) in [4.78, 5) is 10.8. The molecule has 0 aliphatic carbocycles. The van der Waals surface area contributed by atoms with Crippen molar-refractivity contribution in [3.8, 4) is 6.07 Å². The van der Waals surface area contributed by atoms with Crippen molar-refractivity contribution >= 4 is 21.8 Å². The van der Waals surface area contributed by atoms with Gasteiger partial charge in [0.2, 0.25) is 5.91 Å². The van der Waals surface area contributed by atoms with E-state index in [4.69, 9.17) is 11.0 Å². The number of halogens is 1. The molecule has 0 aliphatic rings. The predicted octanol–water partition coefficient (Wildman–Crippen LogP) is 0.333. The van der Waals surface area contributed by atoms with E-state index < -0.39 is 18.1 Å². The summed E-state index contributed by atoms with van der Waals surface area (Å²) >= 11 is 3.22. The van der Waals surface area contributed by atoms with Crippen LogP contribution in [0.5, 0.6) is 0 Å². The molecule has 2 atom stereocenters. The number of aliphatic hydroxyl groups excluding tert-OH is 2. The summed E-state index contributed by atoms with van der Waals surface area (Å²) in [6.07, 6.45) is -3.13. The minimum Gasteiger partial charge on any atom is -0.385 e. The number of hydrogen-bond acceptors (Lipinski definition) is 4. The van der Waals surface area contributed by atoms with Crippen LogP contribution in [0.3, 0.4) is 0 Å². The van der Waals surface area contributed by atoms with Crippen LogP contribution in [0.4, 0.5) is 0 Å². The van der Waals surface area contributed by atoms with Gasteiger partial charge in [-0.1, -0.05) is 22.0 Å². The van der Waals surface area contributed by atoms with E-state index in [1.54, 1.807) is 12.1 Å². The molecule has 1 rings (SSSR count). The van der Waals surface area contributed by atoms with Gasteiger partial charge in [0.25, 0.3) is 0 Å². The monoisotopic (exact) mass is 298 g/mol. The van der Waals surface area contributed by atoms with E-state index in [1.165, 1.54) is 6.07 Å². The Morgan fingerprint density at radius 2 is 2.18 bits per heavy atom. The standard InChI is InChI=1S/C11H11BrN2O3/c12-4-7-2-1-6(5-13)3-8(7)9(15)10(16)11(14)17/h1-3,9-10,15-16H,4H2,(H2,14,17). The van der Waals surface area contributed by atoms with E-state index in [2.05, 4.69) is 15.9 Å². The van der Waals surface area contributed by atoms with Crippen LogP contribution in [0.25, 0.3) is 0 Å². The quantitative estimate of drug-likeness (QED) is 0.696. The Hall–Kier alpha value is -1.42. The maximum atomic E-state index is 10.8. The number of primary amides is 1. The van der Waals surface area contributed by atoms with Gasteiger partial charge >= 0.3 is 0 Å². The van der Waals surface area contributed by atoms with Gasteiger partial charge in [-0.05, 0) is 23.3 Å². The number of carbonyl (C=O) groups excluding carboxylic acids is 1. The average molecular weight is 299 g/mol. The fraction of sp³-hybridized carbons (Fsp3) is 0.273. The number of aliphatic hydroxyl groups is 2. The number of nitriles is 1. The van der Waals surface area contributed by atoms with Gasteiger partial charge in [-0.15, -0.1) is 0 Å². The van der Waals surface area contributed by atoms with Crippen LogP contribution in [0.15, 0.2) is 18.2 Å². The third-order valence-electron chi connectivity index (χ3n) is 2.33. The Kier molecular flexibility index (Phi) is 4.63. The van der Waals surface area contributed by atoms with Gasteiger partial charge in [0.05, 0.1) is 11.6 Å². The number of rotatable bonds is 4. The number of nitrogens with zero attached hydrogens (tertiary/aromatic N) is 1. The van der Waals surface area contributed by atoms with Crippen molar-refractivity contribution < 1.29 is 15.0 Å². The highest BCUT2D eigenvalue weighted by Gasteiger charge is 2.25. The van der Waals surface area contributed by atoms with Crippen LogP contribution in [0.2, 0.25) is 0 Å². The lowest BCUT2D eigenvalue weighted by atomic mass is 9.97. The molecule has 0 spiro atoms. The van der Waals surface area contributed by atoms with E-state index in [1.807, 2.05) is 6.07 Å². The van der Waals surface area contributed by atoms with Crippen LogP contribution in [-0.4, -0.2) is 22.2 Å². The molecule has 0 fully saturated rings. The fourth-order valence-electron chi connectivity index (χ4n) is 1.39. The Bertz CT molecular complexity index is 470. The summed E-state index contributed by atoms with van der Waals surface area (Å²) in [5.74, 6) is -1.01. The molecule has 0 bridgehead atoms. The maximum absolute atomic E-state index is 10.8. The third-order valence-corrected chi connectivity index (χ3v) is 2.93. The number of benzene rings is 1. The Morgan fingerprint density at radius 1 is 1.53 bits per heavy atom. The minimum atomic E-state index is -1.69. The minimum absolute atomic E-state index is 0.312. The first-order valence-electron chi connectivity index (χ1n) is 4.75. The topological polar surface area (TPSA) is 107 Å². The van der Waals surface area contributed by atoms with Crippen molar-refractivity contribution in [2.75, 3.05) is 0 Å². The first kappa shape index (κ1) is 13.6. The highest BCUT2D eigenvalue weighted by atomic mass is 79.9. The van der Waals surface area contributed by atoms with Crippen LogP contribution in [0, 0.1) is 11.3 Å². The molecule has 2 unspecified atom stereocenters. The molecule has 5 nitrogen and oxygen atoms in total. The molecule has 0 aliphatic heterocycles. The molecule has 6 heteroatoms. The van der Waals surface area contributed by atoms with Gasteiger partial charge in [-0.3, -0.25) is 4.79 Å². The molecular weight excluding hydrogens is 288 g/mol. The lowest BCUT2D eigenvalue weighted by molar-refractivity contribution is -0.132. The van der Waals surface area contributed by atoms with Crippen molar-refractivity contribution in [2.24, 2.45) is 5.73 Å². The van der Waals surface area contributed by atoms with Gasteiger partial charge in [0, 0.05) is 5.33 Å². The lowest BCUT2D eigenvalue weighted by Crippen LogP contribution is -2.34. The molecule has 1 aromatic carbocycles. The Labute approximate surface area is 107 Å². The zero-order valence-electron chi connectivity index (χ0n) is 8.80. The van der Waals surface area contributed by atoms with Crippen LogP contribution in [0.1, 0.15) is 22.8 Å². The second-order valence-electron chi connectivity index (χ2n) is 3.45. The first-order valence-corrected chi connectivity index (χ1v) is 5.87. The molecule has 1 aromatic rings. The van der Waals surface area contributed by atoms with Crippen molar-refractivity contribution in [3.05, 3.63) is 34.9 Å². The molecule has 17 heavy (non-hydrogen) atoms. The van der Waals surface area contributed by atoms with Crippen LogP contribution < -0.4 is 5.73 Å². The van der Waals surface area contributed by atoms with E-state index in [9.17, 15) is 15.0 Å². The van der Waals surface area contributed by atoms with Crippen molar-refractivity contribution in [3.63, 3.8) is 0 Å². The zero-order chi connectivity index (χ0) is 13.0. The lowest BCUT2D eigenvalue weighted by Gasteiger charge is -2.18. The number of alkyl halides is 1. The Balaban J connectivity index is 3.19. The summed E-state index contributed by atoms with van der Waals surface area (Å²) in [5, 5.41) is 28.4. The smallest absolute Gasteiger partial charge is 0.249 e. The normalized spacial score (nSPS) is 13.8. The van der Waals surface area contributed by atoms with E-state index in [0.717, 1.165) is 0 Å². The van der Waals surface area contributed by atoms with Crippen LogP contribution in [-0.2, 0) is 10.1 Å². The summed E-state index contributed by atoms with van der Waals surface area (Å²) in [6, 6.07) is 6.57. The number of amides is 1. The fourth-order valence-corrected chi connectivity index (χ4v) is 1.90. The van der Waals surface area contributed by atoms with Gasteiger partial charge in [0.15, 0.2) is 6.10 Å². The third kappa shape index (κ3) is 3.03. The van der Waals surface area contributed by atoms with Gasteiger partial charge in [-0.25, -0.2) is 0 Å². The molecule has 0 aromatic heterocycles. The Morgan fingerprint density at radius 3 is 2.65 bits per heavy atom. The van der Waals surface area contributed by atoms with Gasteiger partial charge < -0.3 is 15.9 Å². The number of nitrogens with two attached hydrogens (primary N) is 1. The molecule has 1 amide bonds. The SMILES string of the molecule is N#Cc1ccc(CBr)c(C(O)C(O)C(N)=O)c1. The molecule has 0 saturated heterocycles. The van der Waals surface area contributed by atoms with Crippen molar-refractivity contribution in [2.45, 2.75) is 17.5 Å². The summed E-state index contributed by atoms with van der Waals surface area (Å²) in [6.45, 7) is 0. The van der Waals surface area contributed by atoms with Crippen molar-refractivity contribution in [1.82, 2.24) is 0 Å². The largest absolute Gasteiger partial charge is 0.385 e. The summed E-state index contributed by atoms with van der Waals surface area (Å²) in [5.41, 5.74) is 6.23. The highest BCUT2D eigenvalue weighted by Crippen LogP contribution is 2.24. The predicted molar refractivity (Wildman–Crippen MR) is 63.9 cm³/mol. The van der Waals surface area contributed by atoms with E-state index in [0.29, 0.717) is 22.0 Å². The summed E-state index contributed by atoms with van der Waals surface area (Å²) < 4.78 is 0. The summed E-state index contributed by atoms with van der Waals surface area (Å²) in [7, 11) is 0. The van der Waals surface area contributed by atoms with E-state index >= 15 is 0 Å². The van der Waals surface area contributed by atoms with Gasteiger partial charge in [-0.2, -0.15) is 5.26 Å². The van der Waals surface area contributed by atoms with Gasteiger partial charge in [0.1, 0.15) is 6.10 Å². The number of carbonyl (C=O) groups is 1. The molecule has 0 heterocycles. The maximum Gasteiger partial charge on any atom is 0.249 e.